The third-order valence-electron chi connectivity index (χ3n) is 3.24. The summed E-state index contributed by atoms with van der Waals surface area (Å²) in [6, 6.07) is 0. The largest absolute Gasteiger partial charge is 0.473 e. The molecule has 1 aromatic heterocycles. The molecule has 0 aromatic carbocycles. The number of rotatable bonds is 5. The second kappa shape index (κ2) is 7.05. The van der Waals surface area contributed by atoms with E-state index in [0.29, 0.717) is 5.88 Å². The predicted molar refractivity (Wildman–Crippen MR) is 79.7 cm³/mol. The summed E-state index contributed by atoms with van der Waals surface area (Å²) in [5.74, 6) is 1.45. The van der Waals surface area contributed by atoms with Crippen LogP contribution in [0.2, 0.25) is 0 Å². The Kier molecular flexibility index (Phi) is 5.39. The van der Waals surface area contributed by atoms with E-state index in [1.54, 1.807) is 6.33 Å². The number of nitrogens with one attached hydrogen (secondary N) is 1. The summed E-state index contributed by atoms with van der Waals surface area (Å²) >= 11 is 3.53. The highest BCUT2D eigenvalue weighted by Crippen LogP contribution is 2.30. The Bertz CT molecular complexity index is 408. The minimum Gasteiger partial charge on any atom is -0.473 e. The lowest BCUT2D eigenvalue weighted by molar-refractivity contribution is 0.109. The number of piperidine rings is 1. The molecule has 1 N–H and O–H groups in total. The first-order chi connectivity index (χ1) is 9.20. The molecule has 106 valence electrons. The van der Waals surface area contributed by atoms with Gasteiger partial charge in [-0.2, -0.15) is 0 Å². The molecule has 1 aliphatic rings. The van der Waals surface area contributed by atoms with Crippen LogP contribution in [0.3, 0.4) is 0 Å². The third-order valence-corrected chi connectivity index (χ3v) is 3.96. The Morgan fingerprint density at radius 3 is 2.84 bits per heavy atom. The first-order valence-electron chi connectivity index (χ1n) is 6.80. The number of nitrogens with zero attached hydrogens (tertiary/aromatic N) is 3. The molecule has 2 rings (SSSR count). The maximum Gasteiger partial charge on any atom is 0.233 e. The van der Waals surface area contributed by atoms with Crippen LogP contribution in [0.15, 0.2) is 10.8 Å². The van der Waals surface area contributed by atoms with Crippen LogP contribution in [-0.2, 0) is 0 Å². The van der Waals surface area contributed by atoms with Gasteiger partial charge in [0.2, 0.25) is 5.88 Å². The zero-order valence-electron chi connectivity index (χ0n) is 11.5. The summed E-state index contributed by atoms with van der Waals surface area (Å²) in [6.07, 6.45) is 4.95. The molecule has 0 spiro atoms. The normalized spacial score (nSPS) is 17.4. The summed E-state index contributed by atoms with van der Waals surface area (Å²) in [5.41, 5.74) is 0. The number of hydrogen-bond donors (Lipinski definition) is 1. The molecule has 5 nitrogen and oxygen atoms in total. The van der Waals surface area contributed by atoms with Crippen molar-refractivity contribution in [3.05, 3.63) is 10.8 Å². The maximum absolute atomic E-state index is 5.99. The number of anilines is 1. The zero-order valence-corrected chi connectivity index (χ0v) is 13.1. The van der Waals surface area contributed by atoms with Crippen molar-refractivity contribution in [1.29, 1.82) is 0 Å². The van der Waals surface area contributed by atoms with Gasteiger partial charge in [0, 0.05) is 19.6 Å². The van der Waals surface area contributed by atoms with Gasteiger partial charge in [0.25, 0.3) is 0 Å². The van der Waals surface area contributed by atoms with Crippen LogP contribution in [0.1, 0.15) is 26.2 Å². The highest BCUT2D eigenvalue weighted by atomic mass is 79.9. The van der Waals surface area contributed by atoms with Gasteiger partial charge in [-0.25, -0.2) is 9.97 Å². The van der Waals surface area contributed by atoms with Gasteiger partial charge in [0.1, 0.15) is 22.7 Å². The molecule has 0 atom stereocenters. The summed E-state index contributed by atoms with van der Waals surface area (Å²) in [4.78, 5) is 10.8. The Balaban J connectivity index is 1.99. The van der Waals surface area contributed by atoms with Crippen molar-refractivity contribution < 1.29 is 4.74 Å². The van der Waals surface area contributed by atoms with Crippen LogP contribution in [-0.4, -0.2) is 47.7 Å². The van der Waals surface area contributed by atoms with Crippen LogP contribution < -0.4 is 10.1 Å². The quantitative estimate of drug-likeness (QED) is 0.900. The van der Waals surface area contributed by atoms with Crippen molar-refractivity contribution in [3.63, 3.8) is 0 Å². The lowest BCUT2D eigenvalue weighted by Crippen LogP contribution is -2.35. The summed E-state index contributed by atoms with van der Waals surface area (Å²) in [6.45, 7) is 5.17. The van der Waals surface area contributed by atoms with E-state index in [1.165, 1.54) is 0 Å². The maximum atomic E-state index is 5.99. The Labute approximate surface area is 122 Å². The van der Waals surface area contributed by atoms with Gasteiger partial charge in [0.05, 0.1) is 0 Å². The summed E-state index contributed by atoms with van der Waals surface area (Å²) < 4.78 is 6.81. The average Bonchev–Trinajstić information content (AvgIpc) is 2.42. The van der Waals surface area contributed by atoms with Gasteiger partial charge in [0.15, 0.2) is 0 Å². The van der Waals surface area contributed by atoms with Gasteiger partial charge in [-0.3, -0.25) is 0 Å². The third kappa shape index (κ3) is 4.04. The molecule has 0 unspecified atom stereocenters. The second-order valence-corrected chi connectivity index (χ2v) is 5.68. The lowest BCUT2D eigenvalue weighted by Gasteiger charge is -2.29. The zero-order chi connectivity index (χ0) is 13.7. The summed E-state index contributed by atoms with van der Waals surface area (Å²) in [7, 11) is 2.14. The molecule has 0 amide bonds. The lowest BCUT2D eigenvalue weighted by atomic mass is 10.1. The van der Waals surface area contributed by atoms with Crippen LogP contribution in [0.25, 0.3) is 0 Å². The van der Waals surface area contributed by atoms with Crippen molar-refractivity contribution in [2.24, 2.45) is 0 Å². The molecule has 1 fully saturated rings. The molecule has 0 radical (unpaired) electrons. The van der Waals surface area contributed by atoms with E-state index < -0.39 is 0 Å². The molecular formula is C13H21BrN4O. The van der Waals surface area contributed by atoms with Crippen LogP contribution in [0.4, 0.5) is 5.82 Å². The van der Waals surface area contributed by atoms with E-state index in [2.05, 4.69) is 50.1 Å². The van der Waals surface area contributed by atoms with Crippen LogP contribution >= 0.6 is 15.9 Å². The average molecular weight is 329 g/mol. The molecule has 0 saturated carbocycles. The Morgan fingerprint density at radius 1 is 1.42 bits per heavy atom. The van der Waals surface area contributed by atoms with Gasteiger partial charge in [-0.1, -0.05) is 6.92 Å². The van der Waals surface area contributed by atoms with Crippen molar-refractivity contribution in [2.75, 3.05) is 32.0 Å². The SMILES string of the molecule is CCCNc1ncnc(OC2CCN(C)CC2)c1Br. The monoisotopic (exact) mass is 328 g/mol. The van der Waals surface area contributed by atoms with Crippen LogP contribution in [0, 0.1) is 0 Å². The predicted octanol–water partition coefficient (Wildman–Crippen LogP) is 2.53. The molecule has 19 heavy (non-hydrogen) atoms. The Morgan fingerprint density at radius 2 is 2.16 bits per heavy atom. The summed E-state index contributed by atoms with van der Waals surface area (Å²) in [5, 5.41) is 3.26. The van der Waals surface area contributed by atoms with E-state index in [9.17, 15) is 0 Å². The number of hydrogen-bond acceptors (Lipinski definition) is 5. The van der Waals surface area contributed by atoms with Gasteiger partial charge < -0.3 is 15.0 Å². The Hall–Kier alpha value is -0.880. The first-order valence-corrected chi connectivity index (χ1v) is 7.59. The molecule has 1 aromatic rings. The molecule has 0 bridgehead atoms. The van der Waals surface area contributed by atoms with Crippen molar-refractivity contribution >= 4 is 21.7 Å². The van der Waals surface area contributed by atoms with E-state index in [-0.39, 0.29) is 6.10 Å². The molecule has 1 aliphatic heterocycles. The van der Waals surface area contributed by atoms with Crippen LogP contribution in [0.5, 0.6) is 5.88 Å². The number of aromatic nitrogens is 2. The smallest absolute Gasteiger partial charge is 0.233 e. The minimum absolute atomic E-state index is 0.251. The second-order valence-electron chi connectivity index (χ2n) is 4.89. The molecule has 0 aliphatic carbocycles. The standard InChI is InChI=1S/C13H21BrN4O/c1-3-6-15-12-11(14)13(17-9-16-12)19-10-4-7-18(2)8-5-10/h9-10H,3-8H2,1-2H3,(H,15,16,17). The minimum atomic E-state index is 0.251. The van der Waals surface area contributed by atoms with E-state index >= 15 is 0 Å². The van der Waals surface area contributed by atoms with Gasteiger partial charge in [-0.05, 0) is 42.2 Å². The topological polar surface area (TPSA) is 50.3 Å². The van der Waals surface area contributed by atoms with E-state index in [0.717, 1.165) is 49.2 Å². The van der Waals surface area contributed by atoms with Gasteiger partial charge in [-0.15, -0.1) is 0 Å². The number of halogens is 1. The molecule has 6 heteroatoms. The number of likely N-dealkylation sites (tertiary alicyclic amines) is 1. The highest BCUT2D eigenvalue weighted by Gasteiger charge is 2.20. The molecular weight excluding hydrogens is 308 g/mol. The van der Waals surface area contributed by atoms with Crippen molar-refractivity contribution in [1.82, 2.24) is 14.9 Å². The highest BCUT2D eigenvalue weighted by molar-refractivity contribution is 9.10. The molecule has 2 heterocycles. The fourth-order valence-electron chi connectivity index (χ4n) is 2.06. The first kappa shape index (κ1) is 14.5. The van der Waals surface area contributed by atoms with Crippen molar-refractivity contribution in [2.45, 2.75) is 32.3 Å². The molecule has 1 saturated heterocycles. The van der Waals surface area contributed by atoms with Crippen molar-refractivity contribution in [3.8, 4) is 5.88 Å². The van der Waals surface area contributed by atoms with E-state index in [1.807, 2.05) is 0 Å². The fourth-order valence-corrected chi connectivity index (χ4v) is 2.50. The van der Waals surface area contributed by atoms with E-state index in [4.69, 9.17) is 4.74 Å². The van der Waals surface area contributed by atoms with Gasteiger partial charge >= 0.3 is 0 Å². The fraction of sp³-hybridized carbons (Fsp3) is 0.692. The number of ether oxygens (including phenoxy) is 1.